The molecule has 1 rings (SSSR count). The third kappa shape index (κ3) is 3.10. The van der Waals surface area contributed by atoms with Crippen LogP contribution >= 0.6 is 0 Å². The monoisotopic (exact) mass is 248 g/mol. The van der Waals surface area contributed by atoms with Crippen LogP contribution in [0.5, 0.6) is 0 Å². The summed E-state index contributed by atoms with van der Waals surface area (Å²) in [5.41, 5.74) is 1.01. The van der Waals surface area contributed by atoms with E-state index >= 15 is 0 Å². The number of rotatable bonds is 4. The number of benzene rings is 1. The molecule has 5 nitrogen and oxygen atoms in total. The van der Waals surface area contributed by atoms with E-state index in [1.54, 1.807) is 38.2 Å². The van der Waals surface area contributed by atoms with Gasteiger partial charge in [-0.25, -0.2) is 9.59 Å². The van der Waals surface area contributed by atoms with Gasteiger partial charge in [-0.15, -0.1) is 6.58 Å². The van der Waals surface area contributed by atoms with E-state index in [1.165, 1.54) is 4.90 Å². The summed E-state index contributed by atoms with van der Waals surface area (Å²) in [6.07, 6.45) is 1.59. The Kier molecular flexibility index (Phi) is 4.48. The molecule has 2 N–H and O–H groups in total. The van der Waals surface area contributed by atoms with Crippen LogP contribution in [0.1, 0.15) is 15.9 Å². The second kappa shape index (κ2) is 5.86. The van der Waals surface area contributed by atoms with Crippen LogP contribution in [-0.2, 0) is 0 Å². The summed E-state index contributed by atoms with van der Waals surface area (Å²) in [6.45, 7) is 5.61. The molecule has 0 bridgehead atoms. The topological polar surface area (TPSA) is 69.6 Å². The summed E-state index contributed by atoms with van der Waals surface area (Å²) in [5.74, 6) is -1.06. The molecule has 0 aliphatic carbocycles. The zero-order chi connectivity index (χ0) is 13.7. The van der Waals surface area contributed by atoms with Crippen molar-refractivity contribution >= 4 is 17.7 Å². The number of hydrogen-bond donors (Lipinski definition) is 2. The van der Waals surface area contributed by atoms with Gasteiger partial charge in [0.1, 0.15) is 0 Å². The van der Waals surface area contributed by atoms with Gasteiger partial charge in [0.25, 0.3) is 0 Å². The number of amides is 2. The third-order valence-corrected chi connectivity index (χ3v) is 2.48. The molecular weight excluding hydrogens is 232 g/mol. The largest absolute Gasteiger partial charge is 0.478 e. The highest BCUT2D eigenvalue weighted by Gasteiger charge is 2.16. The lowest BCUT2D eigenvalue weighted by Gasteiger charge is -2.17. The zero-order valence-electron chi connectivity index (χ0n) is 10.4. The molecule has 0 unspecified atom stereocenters. The Hall–Kier alpha value is -2.30. The van der Waals surface area contributed by atoms with Crippen molar-refractivity contribution < 1.29 is 14.7 Å². The van der Waals surface area contributed by atoms with Gasteiger partial charge < -0.3 is 15.3 Å². The van der Waals surface area contributed by atoms with Crippen LogP contribution in [0.4, 0.5) is 10.5 Å². The predicted molar refractivity (Wildman–Crippen MR) is 70.0 cm³/mol. The number of nitrogens with zero attached hydrogens (tertiary/aromatic N) is 1. The number of carbonyl (C=O) groups excluding carboxylic acids is 1. The summed E-state index contributed by atoms with van der Waals surface area (Å²) in [4.78, 5) is 24.3. The maximum absolute atomic E-state index is 11.8. The highest BCUT2D eigenvalue weighted by Crippen LogP contribution is 2.19. The van der Waals surface area contributed by atoms with Crippen molar-refractivity contribution in [2.24, 2.45) is 0 Å². The molecule has 0 aliphatic heterocycles. The number of carbonyl (C=O) groups is 2. The first-order valence-corrected chi connectivity index (χ1v) is 5.43. The number of carboxylic acids is 1. The van der Waals surface area contributed by atoms with Crippen LogP contribution in [0.15, 0.2) is 30.9 Å². The first-order chi connectivity index (χ1) is 8.47. The van der Waals surface area contributed by atoms with Crippen LogP contribution in [0.25, 0.3) is 0 Å². The average molecular weight is 248 g/mol. The summed E-state index contributed by atoms with van der Waals surface area (Å²) < 4.78 is 0. The molecular formula is C13H16N2O3. The van der Waals surface area contributed by atoms with Gasteiger partial charge in [0.15, 0.2) is 0 Å². The molecule has 0 aliphatic rings. The smallest absolute Gasteiger partial charge is 0.338 e. The minimum atomic E-state index is -1.06. The minimum Gasteiger partial charge on any atom is -0.478 e. The number of carboxylic acid groups (broad SMARTS) is 1. The lowest BCUT2D eigenvalue weighted by Crippen LogP contribution is -2.32. The van der Waals surface area contributed by atoms with E-state index in [1.807, 2.05) is 0 Å². The molecule has 0 saturated carbocycles. The number of anilines is 1. The van der Waals surface area contributed by atoms with Crippen molar-refractivity contribution in [2.75, 3.05) is 18.9 Å². The number of likely N-dealkylation sites (N-methyl/N-ethyl adjacent to an activating group) is 1. The predicted octanol–water partition coefficient (Wildman–Crippen LogP) is 2.34. The molecule has 2 amide bonds. The van der Waals surface area contributed by atoms with E-state index in [4.69, 9.17) is 5.11 Å². The Labute approximate surface area is 106 Å². The van der Waals surface area contributed by atoms with Gasteiger partial charge in [0.2, 0.25) is 0 Å². The molecule has 18 heavy (non-hydrogen) atoms. The molecule has 96 valence electrons. The van der Waals surface area contributed by atoms with Crippen molar-refractivity contribution in [3.63, 3.8) is 0 Å². The SMILES string of the molecule is C=CCN(C)C(=O)Nc1cccc(C)c1C(=O)O. The lowest BCUT2D eigenvalue weighted by atomic mass is 10.1. The first kappa shape index (κ1) is 13.8. The Morgan fingerprint density at radius 2 is 2.17 bits per heavy atom. The Bertz CT molecular complexity index is 483. The van der Waals surface area contributed by atoms with Crippen molar-refractivity contribution in [3.8, 4) is 0 Å². The second-order valence-corrected chi connectivity index (χ2v) is 3.90. The van der Waals surface area contributed by atoms with Crippen molar-refractivity contribution in [1.29, 1.82) is 0 Å². The summed E-state index contributed by atoms with van der Waals surface area (Å²) >= 11 is 0. The first-order valence-electron chi connectivity index (χ1n) is 5.43. The normalized spacial score (nSPS) is 9.67. The number of aromatic carboxylic acids is 1. The molecule has 0 saturated heterocycles. The maximum Gasteiger partial charge on any atom is 0.338 e. The van der Waals surface area contributed by atoms with Crippen LogP contribution in [0.3, 0.4) is 0 Å². The summed E-state index contributed by atoms with van der Waals surface area (Å²) in [6, 6.07) is 4.58. The highest BCUT2D eigenvalue weighted by molar-refractivity contribution is 6.01. The van der Waals surface area contributed by atoms with Crippen LogP contribution in [0.2, 0.25) is 0 Å². The fourth-order valence-electron chi connectivity index (χ4n) is 1.54. The Morgan fingerprint density at radius 3 is 2.72 bits per heavy atom. The number of aryl methyl sites for hydroxylation is 1. The molecule has 0 fully saturated rings. The standard InChI is InChI=1S/C13H16N2O3/c1-4-8-15(3)13(18)14-10-7-5-6-9(2)11(10)12(16)17/h4-7H,1,8H2,2-3H3,(H,14,18)(H,16,17). The van der Waals surface area contributed by atoms with E-state index in [0.717, 1.165) is 0 Å². The lowest BCUT2D eigenvalue weighted by molar-refractivity contribution is 0.0697. The zero-order valence-corrected chi connectivity index (χ0v) is 10.4. The van der Waals surface area contributed by atoms with E-state index in [0.29, 0.717) is 17.8 Å². The van der Waals surface area contributed by atoms with Gasteiger partial charge in [-0.05, 0) is 18.6 Å². The van der Waals surface area contributed by atoms with Crippen LogP contribution < -0.4 is 5.32 Å². The second-order valence-electron chi connectivity index (χ2n) is 3.90. The molecule has 1 aromatic rings. The molecule has 5 heteroatoms. The van der Waals surface area contributed by atoms with Crippen molar-refractivity contribution in [1.82, 2.24) is 4.90 Å². The van der Waals surface area contributed by atoms with E-state index in [9.17, 15) is 9.59 Å². The van der Waals surface area contributed by atoms with Gasteiger partial charge in [-0.1, -0.05) is 18.2 Å². The quantitative estimate of drug-likeness (QED) is 0.803. The number of hydrogen-bond acceptors (Lipinski definition) is 2. The molecule has 0 radical (unpaired) electrons. The summed E-state index contributed by atoms with van der Waals surface area (Å²) in [5, 5.41) is 11.7. The van der Waals surface area contributed by atoms with E-state index in [2.05, 4.69) is 11.9 Å². The van der Waals surface area contributed by atoms with Gasteiger partial charge >= 0.3 is 12.0 Å². The molecule has 0 atom stereocenters. The Balaban J connectivity index is 2.98. The molecule has 1 aromatic carbocycles. The summed E-state index contributed by atoms with van der Waals surface area (Å²) in [7, 11) is 1.60. The maximum atomic E-state index is 11.8. The van der Waals surface area contributed by atoms with E-state index in [-0.39, 0.29) is 11.6 Å². The van der Waals surface area contributed by atoms with Crippen LogP contribution in [-0.4, -0.2) is 35.6 Å². The van der Waals surface area contributed by atoms with Crippen LogP contribution in [0, 0.1) is 6.92 Å². The molecule has 0 heterocycles. The van der Waals surface area contributed by atoms with Gasteiger partial charge in [0.05, 0.1) is 11.3 Å². The van der Waals surface area contributed by atoms with Gasteiger partial charge in [-0.2, -0.15) is 0 Å². The Morgan fingerprint density at radius 1 is 1.50 bits per heavy atom. The third-order valence-electron chi connectivity index (χ3n) is 2.48. The van der Waals surface area contributed by atoms with E-state index < -0.39 is 5.97 Å². The fourth-order valence-corrected chi connectivity index (χ4v) is 1.54. The fraction of sp³-hybridized carbons (Fsp3) is 0.231. The molecule has 0 aromatic heterocycles. The number of urea groups is 1. The highest BCUT2D eigenvalue weighted by atomic mass is 16.4. The minimum absolute atomic E-state index is 0.109. The molecule has 0 spiro atoms. The van der Waals surface area contributed by atoms with Gasteiger partial charge in [-0.3, -0.25) is 0 Å². The average Bonchev–Trinajstić information content (AvgIpc) is 2.28. The number of nitrogens with one attached hydrogen (secondary N) is 1. The van der Waals surface area contributed by atoms with Crippen molar-refractivity contribution in [2.45, 2.75) is 6.92 Å². The van der Waals surface area contributed by atoms with Gasteiger partial charge in [0, 0.05) is 13.6 Å². The van der Waals surface area contributed by atoms with Crippen molar-refractivity contribution in [3.05, 3.63) is 42.0 Å².